The Morgan fingerprint density at radius 2 is 2.00 bits per heavy atom. The monoisotopic (exact) mass is 344 g/mol. The average molecular weight is 345 g/mol. The molecule has 1 atom stereocenters. The van der Waals surface area contributed by atoms with E-state index in [1.807, 2.05) is 5.01 Å². The van der Waals surface area contributed by atoms with Crippen LogP contribution in [0.25, 0.3) is 0 Å². The fourth-order valence-electron chi connectivity index (χ4n) is 3.05. The van der Waals surface area contributed by atoms with E-state index in [1.165, 1.54) is 12.1 Å². The molecule has 0 aliphatic carbocycles. The first-order valence-corrected chi connectivity index (χ1v) is 8.13. The molecular formula is C15H18Cl2N2O3. The van der Waals surface area contributed by atoms with Crippen LogP contribution in [0.1, 0.15) is 18.4 Å². The number of carbonyl (C=O) groups is 1. The summed E-state index contributed by atoms with van der Waals surface area (Å²) in [5.74, 6) is 0.208. The number of phenols is 1. The highest BCUT2D eigenvalue weighted by atomic mass is 35.5. The summed E-state index contributed by atoms with van der Waals surface area (Å²) in [5.41, 5.74) is 0.772. The van der Waals surface area contributed by atoms with E-state index in [2.05, 4.69) is 5.01 Å². The number of hydrogen-bond donors (Lipinski definition) is 1. The lowest BCUT2D eigenvalue weighted by molar-refractivity contribution is -0.160. The van der Waals surface area contributed by atoms with Crippen LogP contribution in [0.3, 0.4) is 0 Å². The van der Waals surface area contributed by atoms with Gasteiger partial charge in [0.2, 0.25) is 5.91 Å². The van der Waals surface area contributed by atoms with Gasteiger partial charge in [0.15, 0.2) is 0 Å². The second-order valence-electron chi connectivity index (χ2n) is 5.60. The summed E-state index contributed by atoms with van der Waals surface area (Å²) in [5, 5.41) is 14.3. The summed E-state index contributed by atoms with van der Waals surface area (Å²) >= 11 is 12.4. The highest BCUT2D eigenvalue weighted by molar-refractivity contribution is 6.36. The Morgan fingerprint density at radius 3 is 2.64 bits per heavy atom. The topological polar surface area (TPSA) is 53.0 Å². The van der Waals surface area contributed by atoms with E-state index in [9.17, 15) is 9.90 Å². The number of halogens is 2. The predicted molar refractivity (Wildman–Crippen MR) is 84.1 cm³/mol. The van der Waals surface area contributed by atoms with E-state index in [0.717, 1.165) is 18.5 Å². The molecule has 5 nitrogen and oxygen atoms in total. The SMILES string of the molecule is O=C1CCCN1N1CCOC[C@H]1Cc1c(Cl)cc(O)cc1Cl. The lowest BCUT2D eigenvalue weighted by Gasteiger charge is -2.41. The van der Waals surface area contributed by atoms with Crippen LogP contribution in [0.5, 0.6) is 5.75 Å². The first-order valence-electron chi connectivity index (χ1n) is 7.38. The minimum atomic E-state index is 0.00958. The van der Waals surface area contributed by atoms with Crippen LogP contribution in [-0.2, 0) is 16.0 Å². The minimum absolute atomic E-state index is 0.00958. The molecule has 22 heavy (non-hydrogen) atoms. The van der Waals surface area contributed by atoms with Gasteiger partial charge in [0.05, 0.1) is 19.3 Å². The van der Waals surface area contributed by atoms with Crippen molar-refractivity contribution in [1.82, 2.24) is 10.0 Å². The molecule has 2 heterocycles. The third kappa shape index (κ3) is 3.18. The maximum atomic E-state index is 12.0. The number of ether oxygens (including phenoxy) is 1. The summed E-state index contributed by atoms with van der Waals surface area (Å²) in [6, 6.07) is 2.98. The highest BCUT2D eigenvalue weighted by Crippen LogP contribution is 2.32. The predicted octanol–water partition coefficient (Wildman–Crippen LogP) is 2.48. The van der Waals surface area contributed by atoms with Gasteiger partial charge in [-0.05, 0) is 30.5 Å². The van der Waals surface area contributed by atoms with Crippen LogP contribution in [0, 0.1) is 0 Å². The van der Waals surface area contributed by atoms with Gasteiger partial charge in [-0.15, -0.1) is 0 Å². The molecule has 1 aromatic rings. The normalized spacial score (nSPS) is 23.3. The van der Waals surface area contributed by atoms with Gasteiger partial charge in [0, 0.05) is 29.6 Å². The van der Waals surface area contributed by atoms with Crippen LogP contribution in [0.15, 0.2) is 12.1 Å². The van der Waals surface area contributed by atoms with Crippen molar-refractivity contribution in [2.24, 2.45) is 0 Å². The van der Waals surface area contributed by atoms with Gasteiger partial charge in [-0.2, -0.15) is 0 Å². The standard InChI is InChI=1S/C15H18Cl2N2O3/c16-13-7-11(20)8-14(17)12(13)6-10-9-22-5-4-18(10)19-3-1-2-15(19)21/h7-8,10,20H,1-6,9H2/t10-/m1/s1. The summed E-state index contributed by atoms with van der Waals surface area (Å²) in [4.78, 5) is 12.0. The molecule has 3 rings (SSSR count). The maximum absolute atomic E-state index is 12.0. The van der Waals surface area contributed by atoms with Crippen molar-refractivity contribution in [3.8, 4) is 5.75 Å². The average Bonchev–Trinajstić information content (AvgIpc) is 2.89. The molecule has 7 heteroatoms. The molecule has 2 fully saturated rings. The van der Waals surface area contributed by atoms with Crippen molar-refractivity contribution in [2.75, 3.05) is 26.3 Å². The first-order chi connectivity index (χ1) is 10.6. The van der Waals surface area contributed by atoms with Crippen molar-refractivity contribution in [2.45, 2.75) is 25.3 Å². The molecule has 0 radical (unpaired) electrons. The van der Waals surface area contributed by atoms with E-state index >= 15 is 0 Å². The molecule has 1 N–H and O–H groups in total. The molecule has 0 spiro atoms. The number of nitrogens with zero attached hydrogens (tertiary/aromatic N) is 2. The Hall–Kier alpha value is -1.01. The lowest BCUT2D eigenvalue weighted by atomic mass is 10.0. The Balaban J connectivity index is 1.81. The van der Waals surface area contributed by atoms with E-state index in [-0.39, 0.29) is 17.7 Å². The van der Waals surface area contributed by atoms with Gasteiger partial charge >= 0.3 is 0 Å². The van der Waals surface area contributed by atoms with Crippen molar-refractivity contribution in [1.29, 1.82) is 0 Å². The Bertz CT molecular complexity index is 559. The number of phenolic OH excluding ortho intramolecular Hbond substituents is 1. The lowest BCUT2D eigenvalue weighted by Crippen LogP contribution is -2.56. The van der Waals surface area contributed by atoms with Crippen LogP contribution >= 0.6 is 23.2 Å². The second-order valence-corrected chi connectivity index (χ2v) is 6.42. The number of rotatable bonds is 3. The molecule has 120 valence electrons. The molecule has 0 saturated carbocycles. The summed E-state index contributed by atoms with van der Waals surface area (Å²) < 4.78 is 5.57. The Kier molecular flexibility index (Phi) is 4.78. The van der Waals surface area contributed by atoms with E-state index in [4.69, 9.17) is 27.9 Å². The minimum Gasteiger partial charge on any atom is -0.508 e. The van der Waals surface area contributed by atoms with Crippen molar-refractivity contribution in [3.63, 3.8) is 0 Å². The summed E-state index contributed by atoms with van der Waals surface area (Å²) in [6.07, 6.45) is 2.07. The number of hydrogen-bond acceptors (Lipinski definition) is 4. The molecular weight excluding hydrogens is 327 g/mol. The zero-order chi connectivity index (χ0) is 15.7. The zero-order valence-electron chi connectivity index (χ0n) is 12.1. The number of benzene rings is 1. The Labute approximate surface area is 139 Å². The molecule has 2 saturated heterocycles. The fourth-order valence-corrected chi connectivity index (χ4v) is 3.68. The molecule has 0 unspecified atom stereocenters. The number of amides is 1. The molecule has 1 aromatic carbocycles. The number of carbonyl (C=O) groups excluding carboxylic acids is 1. The smallest absolute Gasteiger partial charge is 0.236 e. The van der Waals surface area contributed by atoms with Gasteiger partial charge in [0.25, 0.3) is 0 Å². The van der Waals surface area contributed by atoms with Gasteiger partial charge in [-0.1, -0.05) is 23.2 Å². The van der Waals surface area contributed by atoms with Gasteiger partial charge in [-0.3, -0.25) is 9.80 Å². The summed E-state index contributed by atoms with van der Waals surface area (Å²) in [7, 11) is 0. The molecule has 2 aliphatic rings. The van der Waals surface area contributed by atoms with Crippen LogP contribution in [0.4, 0.5) is 0 Å². The number of morpholine rings is 1. The molecule has 1 amide bonds. The maximum Gasteiger partial charge on any atom is 0.236 e. The van der Waals surface area contributed by atoms with Crippen LogP contribution in [0.2, 0.25) is 10.0 Å². The van der Waals surface area contributed by atoms with Crippen LogP contribution in [-0.4, -0.2) is 53.4 Å². The van der Waals surface area contributed by atoms with Crippen molar-refractivity contribution < 1.29 is 14.6 Å². The molecule has 2 aliphatic heterocycles. The van der Waals surface area contributed by atoms with E-state index < -0.39 is 0 Å². The quantitative estimate of drug-likeness (QED) is 0.915. The highest BCUT2D eigenvalue weighted by Gasteiger charge is 2.34. The first kappa shape index (κ1) is 15.9. The van der Waals surface area contributed by atoms with Crippen molar-refractivity contribution >= 4 is 29.1 Å². The third-order valence-electron chi connectivity index (χ3n) is 4.12. The van der Waals surface area contributed by atoms with Gasteiger partial charge in [-0.25, -0.2) is 5.01 Å². The number of hydrazine groups is 1. The zero-order valence-corrected chi connectivity index (χ0v) is 13.6. The van der Waals surface area contributed by atoms with Gasteiger partial charge in [0.1, 0.15) is 5.75 Å². The number of aromatic hydroxyl groups is 1. The van der Waals surface area contributed by atoms with E-state index in [0.29, 0.717) is 42.6 Å². The largest absolute Gasteiger partial charge is 0.508 e. The fraction of sp³-hybridized carbons (Fsp3) is 0.533. The van der Waals surface area contributed by atoms with Crippen LogP contribution < -0.4 is 0 Å². The van der Waals surface area contributed by atoms with Crippen molar-refractivity contribution in [3.05, 3.63) is 27.7 Å². The molecule has 0 aromatic heterocycles. The third-order valence-corrected chi connectivity index (χ3v) is 4.80. The second kappa shape index (κ2) is 6.62. The summed E-state index contributed by atoms with van der Waals surface area (Å²) in [6.45, 7) is 2.57. The van der Waals surface area contributed by atoms with E-state index in [1.54, 1.807) is 0 Å². The Morgan fingerprint density at radius 1 is 1.27 bits per heavy atom. The molecule has 0 bridgehead atoms. The van der Waals surface area contributed by atoms with Gasteiger partial charge < -0.3 is 9.84 Å².